The summed E-state index contributed by atoms with van der Waals surface area (Å²) in [5.74, 6) is 0.164. The number of ether oxygens (including phenoxy) is 1. The van der Waals surface area contributed by atoms with E-state index in [2.05, 4.69) is 15.4 Å². The Hall–Kier alpha value is -2.83. The van der Waals surface area contributed by atoms with Crippen LogP contribution in [0.1, 0.15) is 10.5 Å². The van der Waals surface area contributed by atoms with Gasteiger partial charge in [0.2, 0.25) is 0 Å². The second-order valence-corrected chi connectivity index (χ2v) is 6.59. The van der Waals surface area contributed by atoms with Gasteiger partial charge in [-0.05, 0) is 24.3 Å². The monoisotopic (exact) mass is 383 g/mol. The fourth-order valence-electron chi connectivity index (χ4n) is 3.01. The maximum atomic E-state index is 12.7. The molecule has 1 saturated heterocycles. The fraction of sp³-hybridized carbons (Fsp3) is 0.200. The van der Waals surface area contributed by atoms with Crippen LogP contribution in [0.25, 0.3) is 11.3 Å². The van der Waals surface area contributed by atoms with Crippen molar-refractivity contribution in [1.82, 2.24) is 5.16 Å². The van der Waals surface area contributed by atoms with E-state index in [4.69, 9.17) is 20.9 Å². The molecule has 2 heterocycles. The third kappa shape index (κ3) is 3.97. The number of amides is 1. The smallest absolute Gasteiger partial charge is 0.277 e. The summed E-state index contributed by atoms with van der Waals surface area (Å²) in [6.07, 6.45) is 0. The van der Waals surface area contributed by atoms with Gasteiger partial charge in [0.05, 0.1) is 24.6 Å². The van der Waals surface area contributed by atoms with Crippen LogP contribution in [0.5, 0.6) is 0 Å². The summed E-state index contributed by atoms with van der Waals surface area (Å²) in [6.45, 7) is 2.93. The van der Waals surface area contributed by atoms with Gasteiger partial charge >= 0.3 is 0 Å². The molecule has 1 aliphatic rings. The number of carbonyl (C=O) groups excluding carboxylic acids is 1. The van der Waals surface area contributed by atoms with Gasteiger partial charge in [-0.15, -0.1) is 0 Å². The highest BCUT2D eigenvalue weighted by Crippen LogP contribution is 2.28. The number of halogens is 1. The van der Waals surface area contributed by atoms with Crippen LogP contribution < -0.4 is 10.2 Å². The van der Waals surface area contributed by atoms with Crippen molar-refractivity contribution in [2.75, 3.05) is 36.5 Å². The second kappa shape index (κ2) is 7.82. The van der Waals surface area contributed by atoms with E-state index < -0.39 is 0 Å². The summed E-state index contributed by atoms with van der Waals surface area (Å²) in [6, 6.07) is 16.5. The SMILES string of the molecule is O=C(Nc1ccccc1N1CCOCC1)c1cc(-c2cccc(Cl)c2)on1. The molecule has 3 aromatic rings. The van der Waals surface area contributed by atoms with Gasteiger partial charge in [0, 0.05) is 29.7 Å². The van der Waals surface area contributed by atoms with Crippen LogP contribution in [0.15, 0.2) is 59.1 Å². The van der Waals surface area contributed by atoms with E-state index in [0.717, 1.165) is 30.0 Å². The zero-order valence-electron chi connectivity index (χ0n) is 14.5. The van der Waals surface area contributed by atoms with E-state index in [1.54, 1.807) is 18.2 Å². The second-order valence-electron chi connectivity index (χ2n) is 6.16. The predicted octanol–water partition coefficient (Wildman–Crippen LogP) is 4.08. The predicted molar refractivity (Wildman–Crippen MR) is 104 cm³/mol. The van der Waals surface area contributed by atoms with Gasteiger partial charge in [0.15, 0.2) is 11.5 Å². The summed E-state index contributed by atoms with van der Waals surface area (Å²) < 4.78 is 10.7. The van der Waals surface area contributed by atoms with Gasteiger partial charge in [-0.25, -0.2) is 0 Å². The molecule has 6 nitrogen and oxygen atoms in total. The Kier molecular flexibility index (Phi) is 5.09. The molecule has 0 saturated carbocycles. The Morgan fingerprint density at radius 2 is 1.89 bits per heavy atom. The standard InChI is InChI=1S/C20H18ClN3O3/c21-15-5-3-4-14(12-15)19-13-17(23-27-19)20(25)22-16-6-1-2-7-18(16)24-8-10-26-11-9-24/h1-7,12-13H,8-11H2,(H,22,25). The van der Waals surface area contributed by atoms with E-state index in [-0.39, 0.29) is 11.6 Å². The van der Waals surface area contributed by atoms with Crippen LogP contribution in [0.2, 0.25) is 5.02 Å². The number of morpholine rings is 1. The van der Waals surface area contributed by atoms with E-state index in [0.29, 0.717) is 24.0 Å². The molecule has 0 aliphatic carbocycles. The molecule has 27 heavy (non-hydrogen) atoms. The first-order chi connectivity index (χ1) is 13.2. The van der Waals surface area contributed by atoms with E-state index in [1.165, 1.54) is 0 Å². The van der Waals surface area contributed by atoms with Gasteiger partial charge in [-0.3, -0.25) is 4.79 Å². The number of benzene rings is 2. The van der Waals surface area contributed by atoms with Gasteiger partial charge in [-0.2, -0.15) is 0 Å². The Labute approximate surface area is 161 Å². The summed E-state index contributed by atoms with van der Waals surface area (Å²) in [5, 5.41) is 7.42. The highest BCUT2D eigenvalue weighted by molar-refractivity contribution is 6.30. The minimum absolute atomic E-state index is 0.210. The van der Waals surface area contributed by atoms with Gasteiger partial charge < -0.3 is 19.5 Å². The minimum atomic E-state index is -0.326. The van der Waals surface area contributed by atoms with Gasteiger partial charge in [0.25, 0.3) is 5.91 Å². The molecule has 1 aromatic heterocycles. The van der Waals surface area contributed by atoms with Crippen molar-refractivity contribution >= 4 is 28.9 Å². The van der Waals surface area contributed by atoms with E-state index in [1.807, 2.05) is 36.4 Å². The zero-order valence-corrected chi connectivity index (χ0v) is 15.3. The van der Waals surface area contributed by atoms with Crippen molar-refractivity contribution in [2.24, 2.45) is 0 Å². The largest absolute Gasteiger partial charge is 0.378 e. The Balaban J connectivity index is 1.53. The highest BCUT2D eigenvalue weighted by Gasteiger charge is 2.18. The van der Waals surface area contributed by atoms with Crippen molar-refractivity contribution in [3.8, 4) is 11.3 Å². The first kappa shape index (κ1) is 17.6. The Bertz CT molecular complexity index is 951. The molecule has 1 N–H and O–H groups in total. The van der Waals surface area contributed by atoms with E-state index >= 15 is 0 Å². The molecule has 7 heteroatoms. The highest BCUT2D eigenvalue weighted by atomic mass is 35.5. The van der Waals surface area contributed by atoms with Crippen molar-refractivity contribution < 1.29 is 14.1 Å². The van der Waals surface area contributed by atoms with Crippen LogP contribution in [0, 0.1) is 0 Å². The van der Waals surface area contributed by atoms with Gasteiger partial charge in [0.1, 0.15) is 0 Å². The molecule has 0 bridgehead atoms. The Morgan fingerprint density at radius 1 is 1.07 bits per heavy atom. The number of anilines is 2. The lowest BCUT2D eigenvalue weighted by molar-refractivity contribution is 0.101. The lowest BCUT2D eigenvalue weighted by Gasteiger charge is -2.30. The number of para-hydroxylation sites is 2. The summed E-state index contributed by atoms with van der Waals surface area (Å²) in [4.78, 5) is 14.9. The molecule has 1 amide bonds. The molecule has 4 rings (SSSR count). The summed E-state index contributed by atoms with van der Waals surface area (Å²) in [5.41, 5.74) is 2.67. The third-order valence-electron chi connectivity index (χ3n) is 4.36. The van der Waals surface area contributed by atoms with Crippen molar-refractivity contribution in [3.63, 3.8) is 0 Å². The van der Waals surface area contributed by atoms with Crippen LogP contribution in [0.3, 0.4) is 0 Å². The molecule has 2 aromatic carbocycles. The number of rotatable bonds is 4. The number of hydrogen-bond acceptors (Lipinski definition) is 5. The fourth-order valence-corrected chi connectivity index (χ4v) is 3.20. The Morgan fingerprint density at radius 3 is 2.70 bits per heavy atom. The molecule has 138 valence electrons. The maximum Gasteiger partial charge on any atom is 0.277 e. The van der Waals surface area contributed by atoms with E-state index in [9.17, 15) is 4.79 Å². The topological polar surface area (TPSA) is 67.6 Å². The number of hydrogen-bond donors (Lipinski definition) is 1. The average molecular weight is 384 g/mol. The van der Waals surface area contributed by atoms with Crippen LogP contribution in [-0.2, 0) is 4.74 Å². The molecule has 0 atom stereocenters. The first-order valence-electron chi connectivity index (χ1n) is 8.66. The zero-order chi connectivity index (χ0) is 18.6. The number of carbonyl (C=O) groups is 1. The number of nitrogens with one attached hydrogen (secondary N) is 1. The molecule has 1 aliphatic heterocycles. The molecule has 1 fully saturated rings. The van der Waals surface area contributed by atoms with Crippen molar-refractivity contribution in [2.45, 2.75) is 0 Å². The van der Waals surface area contributed by atoms with Crippen molar-refractivity contribution in [1.29, 1.82) is 0 Å². The normalized spacial score (nSPS) is 14.2. The van der Waals surface area contributed by atoms with Crippen LogP contribution in [0.4, 0.5) is 11.4 Å². The van der Waals surface area contributed by atoms with Crippen LogP contribution >= 0.6 is 11.6 Å². The minimum Gasteiger partial charge on any atom is -0.378 e. The molecule has 0 spiro atoms. The molecular formula is C20H18ClN3O3. The van der Waals surface area contributed by atoms with Crippen molar-refractivity contribution in [3.05, 3.63) is 65.3 Å². The molecular weight excluding hydrogens is 366 g/mol. The average Bonchev–Trinajstić information content (AvgIpc) is 3.20. The number of aromatic nitrogens is 1. The summed E-state index contributed by atoms with van der Waals surface area (Å²) >= 11 is 6.01. The molecule has 0 unspecified atom stereocenters. The maximum absolute atomic E-state index is 12.7. The third-order valence-corrected chi connectivity index (χ3v) is 4.59. The quantitative estimate of drug-likeness (QED) is 0.735. The number of nitrogens with zero attached hydrogens (tertiary/aromatic N) is 2. The van der Waals surface area contributed by atoms with Gasteiger partial charge in [-0.1, -0.05) is 41.0 Å². The van der Waals surface area contributed by atoms with Crippen LogP contribution in [-0.4, -0.2) is 37.4 Å². The first-order valence-corrected chi connectivity index (χ1v) is 9.04. The summed E-state index contributed by atoms with van der Waals surface area (Å²) in [7, 11) is 0. The lowest BCUT2D eigenvalue weighted by atomic mass is 10.1. The molecule has 0 radical (unpaired) electrons. The lowest BCUT2D eigenvalue weighted by Crippen LogP contribution is -2.36.